The first-order valence-corrected chi connectivity index (χ1v) is 8.79. The van der Waals surface area contributed by atoms with Crippen molar-refractivity contribution in [3.8, 4) is 0 Å². The molecule has 0 unspecified atom stereocenters. The van der Waals surface area contributed by atoms with Gasteiger partial charge in [-0.15, -0.1) is 0 Å². The van der Waals surface area contributed by atoms with Crippen molar-refractivity contribution >= 4 is 22.9 Å². The number of para-hydroxylation sites is 2. The SMILES string of the molecule is COC1=C(Nc2ccccc2C)C(=O)C(OC)=C(Nc2ccccc2C)C1=O. The second kappa shape index (κ2) is 8.00. The Morgan fingerprint density at radius 2 is 1.00 bits per heavy atom. The Morgan fingerprint density at radius 1 is 0.643 bits per heavy atom. The molecule has 2 aromatic rings. The summed E-state index contributed by atoms with van der Waals surface area (Å²) in [5.41, 5.74) is 3.37. The monoisotopic (exact) mass is 378 g/mol. The van der Waals surface area contributed by atoms with E-state index in [1.165, 1.54) is 14.2 Å². The van der Waals surface area contributed by atoms with Crippen molar-refractivity contribution in [1.29, 1.82) is 0 Å². The number of aryl methyl sites for hydroxylation is 2. The third-order valence-corrected chi connectivity index (χ3v) is 4.54. The number of anilines is 2. The molecule has 6 nitrogen and oxygen atoms in total. The topological polar surface area (TPSA) is 76.7 Å². The molecule has 6 heteroatoms. The van der Waals surface area contributed by atoms with E-state index in [0.29, 0.717) is 11.4 Å². The maximum atomic E-state index is 13.1. The van der Waals surface area contributed by atoms with E-state index in [-0.39, 0.29) is 22.9 Å². The molecule has 0 amide bonds. The van der Waals surface area contributed by atoms with E-state index in [2.05, 4.69) is 10.6 Å². The summed E-state index contributed by atoms with van der Waals surface area (Å²) in [7, 11) is 2.73. The van der Waals surface area contributed by atoms with Gasteiger partial charge in [0.1, 0.15) is 11.4 Å². The van der Waals surface area contributed by atoms with Crippen LogP contribution in [0.25, 0.3) is 0 Å². The van der Waals surface area contributed by atoms with Gasteiger partial charge in [0.2, 0.25) is 11.6 Å². The van der Waals surface area contributed by atoms with Crippen LogP contribution in [-0.4, -0.2) is 25.8 Å². The van der Waals surface area contributed by atoms with Crippen LogP contribution in [-0.2, 0) is 19.1 Å². The van der Waals surface area contributed by atoms with Crippen molar-refractivity contribution in [1.82, 2.24) is 0 Å². The first-order valence-electron chi connectivity index (χ1n) is 8.79. The number of hydrogen-bond acceptors (Lipinski definition) is 6. The molecule has 2 aromatic carbocycles. The molecule has 0 radical (unpaired) electrons. The predicted molar refractivity (Wildman–Crippen MR) is 108 cm³/mol. The summed E-state index contributed by atoms with van der Waals surface area (Å²) < 4.78 is 10.6. The molecule has 0 atom stereocenters. The van der Waals surface area contributed by atoms with Gasteiger partial charge in [0.25, 0.3) is 0 Å². The largest absolute Gasteiger partial charge is 0.491 e. The number of hydrogen-bond donors (Lipinski definition) is 2. The van der Waals surface area contributed by atoms with Gasteiger partial charge >= 0.3 is 0 Å². The molecule has 0 saturated heterocycles. The van der Waals surface area contributed by atoms with Crippen LogP contribution in [0.5, 0.6) is 0 Å². The maximum Gasteiger partial charge on any atom is 0.249 e. The van der Waals surface area contributed by atoms with Gasteiger partial charge in [0.05, 0.1) is 14.2 Å². The molecule has 1 aliphatic carbocycles. The summed E-state index contributed by atoms with van der Waals surface area (Å²) in [6.07, 6.45) is 0. The van der Waals surface area contributed by atoms with Crippen LogP contribution in [0.4, 0.5) is 11.4 Å². The number of benzene rings is 2. The van der Waals surface area contributed by atoms with Gasteiger partial charge in [0.15, 0.2) is 11.5 Å². The minimum Gasteiger partial charge on any atom is -0.491 e. The number of nitrogens with one attached hydrogen (secondary N) is 2. The molecule has 28 heavy (non-hydrogen) atoms. The zero-order valence-electron chi connectivity index (χ0n) is 16.3. The van der Waals surface area contributed by atoms with Gasteiger partial charge in [-0.05, 0) is 37.1 Å². The second-order valence-electron chi connectivity index (χ2n) is 6.35. The third kappa shape index (κ3) is 3.49. The molecule has 0 bridgehead atoms. The maximum absolute atomic E-state index is 13.1. The lowest BCUT2D eigenvalue weighted by Crippen LogP contribution is -2.32. The summed E-state index contributed by atoms with van der Waals surface area (Å²) in [4.78, 5) is 26.2. The van der Waals surface area contributed by atoms with Crippen LogP contribution in [0.15, 0.2) is 71.4 Å². The van der Waals surface area contributed by atoms with Crippen molar-refractivity contribution in [3.63, 3.8) is 0 Å². The fourth-order valence-electron chi connectivity index (χ4n) is 2.97. The molecule has 144 valence electrons. The van der Waals surface area contributed by atoms with Gasteiger partial charge in [0, 0.05) is 11.4 Å². The van der Waals surface area contributed by atoms with Gasteiger partial charge in [-0.25, -0.2) is 0 Å². The smallest absolute Gasteiger partial charge is 0.249 e. The van der Waals surface area contributed by atoms with Crippen molar-refractivity contribution in [2.24, 2.45) is 0 Å². The summed E-state index contributed by atoms with van der Waals surface area (Å²) in [6, 6.07) is 14.9. The third-order valence-electron chi connectivity index (χ3n) is 4.54. The molecular formula is C22H22N2O4. The zero-order valence-corrected chi connectivity index (χ0v) is 16.3. The summed E-state index contributed by atoms with van der Waals surface area (Å²) in [6.45, 7) is 3.81. The lowest BCUT2D eigenvalue weighted by atomic mass is 10.0. The molecule has 2 N–H and O–H groups in total. The Bertz CT molecular complexity index is 924. The van der Waals surface area contributed by atoms with Crippen molar-refractivity contribution < 1.29 is 19.1 Å². The highest BCUT2D eigenvalue weighted by Crippen LogP contribution is 2.29. The fourth-order valence-corrected chi connectivity index (χ4v) is 2.97. The fraction of sp³-hybridized carbons (Fsp3) is 0.182. The van der Waals surface area contributed by atoms with E-state index in [1.54, 1.807) is 0 Å². The first kappa shape index (κ1) is 19.2. The molecule has 0 fully saturated rings. The lowest BCUT2D eigenvalue weighted by molar-refractivity contribution is -0.120. The average Bonchev–Trinajstić information content (AvgIpc) is 2.69. The van der Waals surface area contributed by atoms with E-state index in [4.69, 9.17) is 9.47 Å². The summed E-state index contributed by atoms with van der Waals surface area (Å²) >= 11 is 0. The molecule has 0 saturated carbocycles. The Kier molecular flexibility index (Phi) is 5.49. The number of carbonyl (C=O) groups is 2. The summed E-state index contributed by atoms with van der Waals surface area (Å²) in [5.74, 6) is -1.05. The van der Waals surface area contributed by atoms with E-state index in [0.717, 1.165) is 11.1 Å². The number of methoxy groups -OCH3 is 2. The van der Waals surface area contributed by atoms with Gasteiger partial charge in [-0.3, -0.25) is 9.59 Å². The number of rotatable bonds is 6. The number of Topliss-reactive ketones (excluding diaryl/α,β-unsaturated/α-hetero) is 2. The predicted octanol–water partition coefficient (Wildman–Crippen LogP) is 3.70. The van der Waals surface area contributed by atoms with E-state index >= 15 is 0 Å². The quantitative estimate of drug-likeness (QED) is 0.747. The van der Waals surface area contributed by atoms with Crippen LogP contribution in [0.2, 0.25) is 0 Å². The Labute approximate surface area is 163 Å². The second-order valence-corrected chi connectivity index (χ2v) is 6.35. The highest BCUT2D eigenvalue weighted by molar-refractivity contribution is 6.25. The molecule has 0 heterocycles. The van der Waals surface area contributed by atoms with Crippen molar-refractivity contribution in [3.05, 3.63) is 82.6 Å². The van der Waals surface area contributed by atoms with Crippen LogP contribution < -0.4 is 10.6 Å². The molecule has 0 aliphatic heterocycles. The van der Waals surface area contributed by atoms with E-state index in [9.17, 15) is 9.59 Å². The Hall–Kier alpha value is -3.54. The summed E-state index contributed by atoms with van der Waals surface area (Å²) in [5, 5.41) is 6.07. The minimum atomic E-state index is -0.460. The van der Waals surface area contributed by atoms with Crippen LogP contribution in [0, 0.1) is 13.8 Å². The first-order chi connectivity index (χ1) is 13.5. The average molecular weight is 378 g/mol. The highest BCUT2D eigenvalue weighted by Gasteiger charge is 2.37. The Balaban J connectivity index is 2.03. The zero-order chi connectivity index (χ0) is 20.3. The number of ether oxygens (including phenoxy) is 2. The van der Waals surface area contributed by atoms with Crippen LogP contribution in [0.3, 0.4) is 0 Å². The van der Waals surface area contributed by atoms with Crippen LogP contribution in [0.1, 0.15) is 11.1 Å². The Morgan fingerprint density at radius 3 is 1.32 bits per heavy atom. The molecule has 1 aliphatic rings. The lowest BCUT2D eigenvalue weighted by Gasteiger charge is -2.24. The van der Waals surface area contributed by atoms with E-state index < -0.39 is 11.6 Å². The molecule has 0 aromatic heterocycles. The number of carbonyl (C=O) groups excluding carboxylic acids is 2. The molecule has 3 rings (SSSR count). The van der Waals surface area contributed by atoms with Gasteiger partial charge in [-0.2, -0.15) is 0 Å². The van der Waals surface area contributed by atoms with Gasteiger partial charge < -0.3 is 20.1 Å². The van der Waals surface area contributed by atoms with Crippen LogP contribution >= 0.6 is 0 Å². The molecular weight excluding hydrogens is 356 g/mol. The van der Waals surface area contributed by atoms with Crippen molar-refractivity contribution in [2.75, 3.05) is 24.9 Å². The standard InChI is InChI=1S/C22H22N2O4/c1-13-9-5-7-11-15(13)23-17-19(25)22(28-4)18(20(26)21(17)27-3)24-16-12-8-6-10-14(16)2/h5-12,23-24H,1-4H3. The van der Waals surface area contributed by atoms with E-state index in [1.807, 2.05) is 62.4 Å². The van der Waals surface area contributed by atoms with Crippen molar-refractivity contribution in [2.45, 2.75) is 13.8 Å². The minimum absolute atomic E-state index is 0.0500. The highest BCUT2D eigenvalue weighted by atomic mass is 16.5. The normalized spacial score (nSPS) is 14.3. The number of ketones is 2. The molecule has 0 spiro atoms. The van der Waals surface area contributed by atoms with Gasteiger partial charge in [-0.1, -0.05) is 36.4 Å².